The molecule has 58 valence electrons. The maximum atomic E-state index is 9.08. The monoisotopic (exact) mass is 144 g/mol. The summed E-state index contributed by atoms with van der Waals surface area (Å²) >= 11 is 0. The fourth-order valence-electron chi connectivity index (χ4n) is 0.563. The summed E-state index contributed by atoms with van der Waals surface area (Å²) in [5.74, 6) is 0. The van der Waals surface area contributed by atoms with Crippen LogP contribution >= 0.6 is 0 Å². The van der Waals surface area contributed by atoms with Gasteiger partial charge in [0.05, 0.1) is 6.20 Å². The molecule has 0 aliphatic carbocycles. The van der Waals surface area contributed by atoms with E-state index in [1.54, 1.807) is 12.4 Å². The van der Waals surface area contributed by atoms with E-state index in [2.05, 4.69) is 10.3 Å². The van der Waals surface area contributed by atoms with Crippen molar-refractivity contribution in [1.82, 2.24) is 21.1 Å². The van der Waals surface area contributed by atoms with Crippen molar-refractivity contribution in [2.24, 2.45) is 0 Å². The first-order valence-electron chi connectivity index (χ1n) is 2.88. The minimum atomic E-state index is -0.521. The number of aromatic nitrogens is 3. The van der Waals surface area contributed by atoms with Crippen molar-refractivity contribution in [2.75, 3.05) is 0 Å². The molecule has 0 spiro atoms. The van der Waals surface area contributed by atoms with E-state index >= 15 is 0 Å². The number of aliphatic hydroxyl groups excluding tert-OH is 1. The van der Waals surface area contributed by atoms with Gasteiger partial charge in [-0.15, -0.1) is 5.10 Å². The van der Waals surface area contributed by atoms with Crippen molar-refractivity contribution in [2.45, 2.75) is 19.6 Å². The van der Waals surface area contributed by atoms with E-state index in [1.165, 1.54) is 4.68 Å². The molecule has 0 fully saturated rings. The topological polar surface area (TPSA) is 85.9 Å². The Morgan fingerprint density at radius 2 is 2.40 bits per heavy atom. The normalized spacial score (nSPS) is 12.2. The predicted octanol–water partition coefficient (Wildman–Crippen LogP) is 0.341. The second-order valence-corrected chi connectivity index (χ2v) is 1.77. The Hall–Kier alpha value is -0.940. The average Bonchev–Trinajstić information content (AvgIpc) is 2.37. The van der Waals surface area contributed by atoms with Crippen molar-refractivity contribution in [3.05, 3.63) is 12.4 Å². The molecule has 0 saturated carbocycles. The molecule has 0 saturated heterocycles. The van der Waals surface area contributed by atoms with E-state index in [0.29, 0.717) is 6.42 Å². The Labute approximate surface area is 59.3 Å². The van der Waals surface area contributed by atoms with Crippen LogP contribution in [-0.4, -0.2) is 20.1 Å². The first kappa shape index (κ1) is 9.06. The fourth-order valence-corrected chi connectivity index (χ4v) is 0.563. The van der Waals surface area contributed by atoms with E-state index < -0.39 is 6.23 Å². The first-order valence-corrected chi connectivity index (χ1v) is 2.88. The minimum absolute atomic E-state index is 0. The van der Waals surface area contributed by atoms with Gasteiger partial charge in [-0.1, -0.05) is 12.1 Å². The van der Waals surface area contributed by atoms with Gasteiger partial charge in [0.25, 0.3) is 0 Å². The van der Waals surface area contributed by atoms with Crippen molar-refractivity contribution in [3.63, 3.8) is 0 Å². The second kappa shape index (κ2) is 3.97. The Morgan fingerprint density at radius 1 is 1.70 bits per heavy atom. The van der Waals surface area contributed by atoms with Gasteiger partial charge in [0.15, 0.2) is 0 Å². The maximum Gasteiger partial charge on any atom is 0.148 e. The lowest BCUT2D eigenvalue weighted by molar-refractivity contribution is 0.0847. The summed E-state index contributed by atoms with van der Waals surface area (Å²) in [4.78, 5) is 0. The molecule has 0 bridgehead atoms. The molecule has 0 aromatic carbocycles. The van der Waals surface area contributed by atoms with Gasteiger partial charge in [-0.05, 0) is 6.42 Å². The third-order valence-electron chi connectivity index (χ3n) is 1.11. The van der Waals surface area contributed by atoms with Crippen LogP contribution in [0.4, 0.5) is 0 Å². The zero-order chi connectivity index (χ0) is 6.69. The summed E-state index contributed by atoms with van der Waals surface area (Å²) in [6.45, 7) is 1.88. The molecule has 1 atom stereocenters. The van der Waals surface area contributed by atoms with Gasteiger partial charge in [-0.3, -0.25) is 0 Å². The van der Waals surface area contributed by atoms with Crippen LogP contribution in [0.1, 0.15) is 19.6 Å². The van der Waals surface area contributed by atoms with Gasteiger partial charge in [0, 0.05) is 6.20 Å². The van der Waals surface area contributed by atoms with Crippen molar-refractivity contribution >= 4 is 0 Å². The standard InChI is InChI=1S/C5H9N3O.H3N/c1-2-5(9)8-4-3-6-7-8;/h3-5,9H,2H2,1H3;1H3. The van der Waals surface area contributed by atoms with Gasteiger partial charge in [0.2, 0.25) is 0 Å². The Morgan fingerprint density at radius 3 is 2.80 bits per heavy atom. The van der Waals surface area contributed by atoms with Gasteiger partial charge in [0.1, 0.15) is 6.23 Å². The molecule has 0 amide bonds. The molecular weight excluding hydrogens is 132 g/mol. The minimum Gasteiger partial charge on any atom is -0.372 e. The van der Waals surface area contributed by atoms with Gasteiger partial charge < -0.3 is 11.3 Å². The largest absolute Gasteiger partial charge is 0.372 e. The van der Waals surface area contributed by atoms with E-state index in [0.717, 1.165) is 0 Å². The third-order valence-corrected chi connectivity index (χ3v) is 1.11. The molecule has 0 aliphatic rings. The third kappa shape index (κ3) is 1.78. The zero-order valence-electron chi connectivity index (χ0n) is 5.94. The average molecular weight is 144 g/mol. The van der Waals surface area contributed by atoms with Crippen LogP contribution in [0, 0.1) is 0 Å². The molecule has 1 heterocycles. The molecule has 0 aliphatic heterocycles. The summed E-state index contributed by atoms with van der Waals surface area (Å²) in [7, 11) is 0. The number of nitrogens with zero attached hydrogens (tertiary/aromatic N) is 3. The molecule has 5 heteroatoms. The molecule has 1 aromatic rings. The highest BCUT2D eigenvalue weighted by atomic mass is 16.3. The van der Waals surface area contributed by atoms with Gasteiger partial charge >= 0.3 is 0 Å². The van der Waals surface area contributed by atoms with Crippen LogP contribution in [0.5, 0.6) is 0 Å². The van der Waals surface area contributed by atoms with Crippen molar-refractivity contribution in [1.29, 1.82) is 0 Å². The highest BCUT2D eigenvalue weighted by Crippen LogP contribution is 2.01. The zero-order valence-corrected chi connectivity index (χ0v) is 5.94. The maximum absolute atomic E-state index is 9.08. The molecule has 1 unspecified atom stereocenters. The molecule has 4 N–H and O–H groups in total. The van der Waals surface area contributed by atoms with E-state index in [1.807, 2.05) is 6.92 Å². The van der Waals surface area contributed by atoms with Crippen LogP contribution in [0.2, 0.25) is 0 Å². The molecular formula is C5H12N4O. The lowest BCUT2D eigenvalue weighted by Crippen LogP contribution is -2.07. The Kier molecular flexibility index (Phi) is 3.60. The smallest absolute Gasteiger partial charge is 0.148 e. The van der Waals surface area contributed by atoms with Crippen LogP contribution in [-0.2, 0) is 0 Å². The lowest BCUT2D eigenvalue weighted by Gasteiger charge is -2.04. The molecule has 0 radical (unpaired) electrons. The lowest BCUT2D eigenvalue weighted by atomic mass is 10.4. The quantitative estimate of drug-likeness (QED) is 0.626. The van der Waals surface area contributed by atoms with Crippen LogP contribution in [0.25, 0.3) is 0 Å². The molecule has 10 heavy (non-hydrogen) atoms. The SMILES string of the molecule is CCC(O)n1ccnn1.N. The predicted molar refractivity (Wildman–Crippen MR) is 36.6 cm³/mol. The molecule has 1 rings (SSSR count). The number of hydrogen-bond acceptors (Lipinski definition) is 4. The molecule has 5 nitrogen and oxygen atoms in total. The van der Waals surface area contributed by atoms with Crippen molar-refractivity contribution < 1.29 is 5.11 Å². The fraction of sp³-hybridized carbons (Fsp3) is 0.600. The van der Waals surface area contributed by atoms with Crippen LogP contribution < -0.4 is 6.15 Å². The molecule has 1 aromatic heterocycles. The number of hydrogen-bond donors (Lipinski definition) is 2. The highest BCUT2D eigenvalue weighted by molar-refractivity contribution is 4.65. The van der Waals surface area contributed by atoms with E-state index in [9.17, 15) is 0 Å². The van der Waals surface area contributed by atoms with Gasteiger partial charge in [-0.2, -0.15) is 0 Å². The number of aliphatic hydroxyl groups is 1. The van der Waals surface area contributed by atoms with Crippen molar-refractivity contribution in [3.8, 4) is 0 Å². The Balaban J connectivity index is 0.000000810. The Bertz CT molecular complexity index is 162. The van der Waals surface area contributed by atoms with Crippen LogP contribution in [0.3, 0.4) is 0 Å². The summed E-state index contributed by atoms with van der Waals surface area (Å²) in [6.07, 6.45) is 3.31. The summed E-state index contributed by atoms with van der Waals surface area (Å²) < 4.78 is 1.42. The van der Waals surface area contributed by atoms with Crippen LogP contribution in [0.15, 0.2) is 12.4 Å². The highest BCUT2D eigenvalue weighted by Gasteiger charge is 2.00. The second-order valence-electron chi connectivity index (χ2n) is 1.77. The number of rotatable bonds is 2. The summed E-state index contributed by atoms with van der Waals surface area (Å²) in [5.41, 5.74) is 0. The summed E-state index contributed by atoms with van der Waals surface area (Å²) in [5, 5.41) is 16.2. The van der Waals surface area contributed by atoms with Gasteiger partial charge in [-0.25, -0.2) is 4.68 Å². The first-order chi connectivity index (χ1) is 4.34. The van der Waals surface area contributed by atoms with E-state index in [-0.39, 0.29) is 6.15 Å². The van der Waals surface area contributed by atoms with E-state index in [4.69, 9.17) is 5.11 Å². The summed E-state index contributed by atoms with van der Waals surface area (Å²) in [6, 6.07) is 0.